The molecule has 0 amide bonds. The quantitative estimate of drug-likeness (QED) is 0.641. The molecule has 1 fully saturated rings. The minimum atomic E-state index is -0.374. The standard InChI is InChI=1S/C7H7N3O/c8-4-7(1-2-7)5-3-6(9)11-10-5/h3H,1-2,9H2. The molecule has 0 atom stereocenters. The molecule has 2 rings (SSSR count). The van der Waals surface area contributed by atoms with Crippen molar-refractivity contribution in [2.45, 2.75) is 18.3 Å². The summed E-state index contributed by atoms with van der Waals surface area (Å²) >= 11 is 0. The van der Waals surface area contributed by atoms with Crippen molar-refractivity contribution in [1.82, 2.24) is 5.16 Å². The van der Waals surface area contributed by atoms with Crippen LogP contribution in [0.4, 0.5) is 5.88 Å². The maximum absolute atomic E-state index is 8.75. The van der Waals surface area contributed by atoms with Crippen molar-refractivity contribution in [2.75, 3.05) is 5.73 Å². The summed E-state index contributed by atoms with van der Waals surface area (Å²) in [5.41, 5.74) is 5.62. The van der Waals surface area contributed by atoms with Gasteiger partial charge in [0.1, 0.15) is 11.1 Å². The molecule has 1 saturated carbocycles. The molecule has 4 heteroatoms. The van der Waals surface area contributed by atoms with Gasteiger partial charge in [-0.05, 0) is 12.8 Å². The number of hydrogen-bond acceptors (Lipinski definition) is 4. The maximum atomic E-state index is 8.75. The Hall–Kier alpha value is -1.50. The third kappa shape index (κ3) is 0.777. The number of anilines is 1. The van der Waals surface area contributed by atoms with Crippen LogP contribution in [0.15, 0.2) is 10.6 Å². The van der Waals surface area contributed by atoms with Crippen LogP contribution < -0.4 is 5.73 Å². The minimum absolute atomic E-state index is 0.279. The van der Waals surface area contributed by atoms with Gasteiger partial charge in [-0.25, -0.2) is 0 Å². The van der Waals surface area contributed by atoms with E-state index in [1.165, 1.54) is 0 Å². The summed E-state index contributed by atoms with van der Waals surface area (Å²) in [6.07, 6.45) is 1.74. The Morgan fingerprint density at radius 1 is 1.73 bits per heavy atom. The molecule has 0 bridgehead atoms. The largest absolute Gasteiger partial charge is 0.368 e. The van der Waals surface area contributed by atoms with E-state index in [0.717, 1.165) is 12.8 Å². The summed E-state index contributed by atoms with van der Waals surface area (Å²) in [4.78, 5) is 0. The number of nitrogens with two attached hydrogens (primary N) is 1. The zero-order chi connectivity index (χ0) is 7.90. The Morgan fingerprint density at radius 3 is 2.82 bits per heavy atom. The average molecular weight is 149 g/mol. The van der Waals surface area contributed by atoms with Gasteiger partial charge in [-0.1, -0.05) is 5.16 Å². The highest BCUT2D eigenvalue weighted by molar-refractivity contribution is 5.38. The van der Waals surface area contributed by atoms with Crippen LogP contribution in [0.2, 0.25) is 0 Å². The molecule has 1 aliphatic carbocycles. The van der Waals surface area contributed by atoms with Crippen LogP contribution in [0.5, 0.6) is 0 Å². The van der Waals surface area contributed by atoms with Crippen molar-refractivity contribution < 1.29 is 4.52 Å². The summed E-state index contributed by atoms with van der Waals surface area (Å²) in [5.74, 6) is 0.279. The van der Waals surface area contributed by atoms with Crippen molar-refractivity contribution in [3.8, 4) is 6.07 Å². The molecule has 4 nitrogen and oxygen atoms in total. The Balaban J connectivity index is 2.38. The van der Waals surface area contributed by atoms with Gasteiger partial charge in [0, 0.05) is 6.07 Å². The van der Waals surface area contributed by atoms with Crippen LogP contribution in [0.3, 0.4) is 0 Å². The molecule has 0 aliphatic heterocycles. The highest BCUT2D eigenvalue weighted by atomic mass is 16.5. The fourth-order valence-corrected chi connectivity index (χ4v) is 1.07. The maximum Gasteiger partial charge on any atom is 0.222 e. The minimum Gasteiger partial charge on any atom is -0.368 e. The normalized spacial score (nSPS) is 19.2. The molecule has 56 valence electrons. The van der Waals surface area contributed by atoms with Crippen molar-refractivity contribution in [3.05, 3.63) is 11.8 Å². The van der Waals surface area contributed by atoms with Gasteiger partial charge in [0.2, 0.25) is 5.88 Å². The van der Waals surface area contributed by atoms with E-state index in [1.807, 2.05) is 0 Å². The molecular formula is C7H7N3O. The van der Waals surface area contributed by atoms with Crippen LogP contribution in [0, 0.1) is 11.3 Å². The van der Waals surface area contributed by atoms with E-state index in [0.29, 0.717) is 5.69 Å². The lowest BCUT2D eigenvalue weighted by molar-refractivity contribution is 0.423. The summed E-state index contributed by atoms with van der Waals surface area (Å²) in [6.45, 7) is 0. The summed E-state index contributed by atoms with van der Waals surface area (Å²) in [6, 6.07) is 3.83. The van der Waals surface area contributed by atoms with Crippen LogP contribution in [-0.4, -0.2) is 5.16 Å². The molecule has 11 heavy (non-hydrogen) atoms. The molecular weight excluding hydrogens is 142 g/mol. The van der Waals surface area contributed by atoms with E-state index >= 15 is 0 Å². The fourth-order valence-electron chi connectivity index (χ4n) is 1.07. The van der Waals surface area contributed by atoms with Gasteiger partial charge in [0.15, 0.2) is 0 Å². The lowest BCUT2D eigenvalue weighted by atomic mass is 10.1. The Kier molecular flexibility index (Phi) is 0.994. The highest BCUT2D eigenvalue weighted by Crippen LogP contribution is 2.47. The zero-order valence-corrected chi connectivity index (χ0v) is 5.87. The first-order valence-corrected chi connectivity index (χ1v) is 3.41. The van der Waals surface area contributed by atoms with Gasteiger partial charge in [-0.2, -0.15) is 5.26 Å². The lowest BCUT2D eigenvalue weighted by Gasteiger charge is -1.94. The van der Waals surface area contributed by atoms with Gasteiger partial charge in [0.25, 0.3) is 0 Å². The first-order chi connectivity index (χ1) is 5.27. The van der Waals surface area contributed by atoms with Crippen molar-refractivity contribution >= 4 is 5.88 Å². The Labute approximate surface area is 63.6 Å². The topological polar surface area (TPSA) is 75.8 Å². The Morgan fingerprint density at radius 2 is 2.45 bits per heavy atom. The monoisotopic (exact) mass is 149 g/mol. The number of rotatable bonds is 1. The third-order valence-electron chi connectivity index (χ3n) is 1.98. The van der Waals surface area contributed by atoms with Gasteiger partial charge in [-0.15, -0.1) is 0 Å². The number of hydrogen-bond donors (Lipinski definition) is 1. The predicted octanol–water partition coefficient (Wildman–Crippen LogP) is 0.812. The first-order valence-electron chi connectivity index (χ1n) is 3.41. The molecule has 1 heterocycles. The second kappa shape index (κ2) is 1.76. The first kappa shape index (κ1) is 6.23. The van der Waals surface area contributed by atoms with E-state index < -0.39 is 0 Å². The van der Waals surface area contributed by atoms with Crippen molar-refractivity contribution in [2.24, 2.45) is 0 Å². The summed E-state index contributed by atoms with van der Waals surface area (Å²) < 4.78 is 4.67. The molecule has 0 saturated heterocycles. The van der Waals surface area contributed by atoms with Gasteiger partial charge < -0.3 is 10.3 Å². The number of aromatic nitrogens is 1. The fraction of sp³-hybridized carbons (Fsp3) is 0.429. The molecule has 1 aromatic heterocycles. The van der Waals surface area contributed by atoms with E-state index in [1.54, 1.807) is 6.07 Å². The average Bonchev–Trinajstić information content (AvgIpc) is 2.70. The van der Waals surface area contributed by atoms with E-state index in [4.69, 9.17) is 11.0 Å². The van der Waals surface area contributed by atoms with E-state index in [-0.39, 0.29) is 11.3 Å². The molecule has 0 radical (unpaired) electrons. The number of nitriles is 1. The van der Waals surface area contributed by atoms with Crippen LogP contribution in [-0.2, 0) is 5.41 Å². The molecule has 1 aliphatic rings. The van der Waals surface area contributed by atoms with Crippen molar-refractivity contribution in [1.29, 1.82) is 5.26 Å². The number of nitrogen functional groups attached to an aromatic ring is 1. The Bertz CT molecular complexity index is 319. The summed E-state index contributed by atoms with van der Waals surface area (Å²) in [7, 11) is 0. The van der Waals surface area contributed by atoms with Gasteiger partial charge in [0.05, 0.1) is 6.07 Å². The molecule has 1 aromatic rings. The molecule has 0 spiro atoms. The highest BCUT2D eigenvalue weighted by Gasteiger charge is 2.47. The molecule has 0 aromatic carbocycles. The second-order valence-electron chi connectivity index (χ2n) is 2.81. The SMILES string of the molecule is N#CC1(c2cc(N)on2)CC1. The summed E-state index contributed by atoms with van der Waals surface area (Å²) in [5, 5.41) is 12.4. The van der Waals surface area contributed by atoms with E-state index in [2.05, 4.69) is 15.7 Å². The molecule has 2 N–H and O–H groups in total. The molecule has 0 unspecified atom stereocenters. The van der Waals surface area contributed by atoms with Gasteiger partial charge in [-0.3, -0.25) is 0 Å². The van der Waals surface area contributed by atoms with Crippen LogP contribution >= 0.6 is 0 Å². The van der Waals surface area contributed by atoms with Crippen LogP contribution in [0.25, 0.3) is 0 Å². The third-order valence-corrected chi connectivity index (χ3v) is 1.98. The van der Waals surface area contributed by atoms with Gasteiger partial charge >= 0.3 is 0 Å². The smallest absolute Gasteiger partial charge is 0.222 e. The second-order valence-corrected chi connectivity index (χ2v) is 2.81. The number of nitrogens with zero attached hydrogens (tertiary/aromatic N) is 2. The lowest BCUT2D eigenvalue weighted by Crippen LogP contribution is -2.01. The van der Waals surface area contributed by atoms with E-state index in [9.17, 15) is 0 Å². The zero-order valence-electron chi connectivity index (χ0n) is 5.87. The van der Waals surface area contributed by atoms with Crippen LogP contribution in [0.1, 0.15) is 18.5 Å². The predicted molar refractivity (Wildman–Crippen MR) is 37.4 cm³/mol. The van der Waals surface area contributed by atoms with Crippen molar-refractivity contribution in [3.63, 3.8) is 0 Å².